The van der Waals surface area contributed by atoms with Crippen LogP contribution in [0.15, 0.2) is 35.1 Å². The molecule has 124 valence electrons. The van der Waals surface area contributed by atoms with E-state index in [0.717, 1.165) is 0 Å². The molecule has 1 aliphatic rings. The Labute approximate surface area is 130 Å². The molecule has 1 saturated heterocycles. The Morgan fingerprint density at radius 1 is 1.13 bits per heavy atom. The lowest BCUT2D eigenvalue weighted by atomic mass is 9.99. The maximum atomic E-state index is 11.7. The van der Waals surface area contributed by atoms with E-state index in [9.17, 15) is 25.2 Å². The van der Waals surface area contributed by atoms with E-state index >= 15 is 0 Å². The van der Waals surface area contributed by atoms with Gasteiger partial charge in [0.15, 0.2) is 0 Å². The van der Waals surface area contributed by atoms with Crippen molar-refractivity contribution in [3.63, 3.8) is 0 Å². The number of pyridine rings is 1. The van der Waals surface area contributed by atoms with Crippen LogP contribution in [0.2, 0.25) is 0 Å². The normalized spacial score (nSPS) is 31.2. The van der Waals surface area contributed by atoms with Gasteiger partial charge in [-0.25, -0.2) is 0 Å². The Morgan fingerprint density at radius 3 is 2.61 bits per heavy atom. The number of aliphatic hydroxyl groups is 4. The number of hydrogen-bond acceptors (Lipinski definition) is 7. The first kappa shape index (κ1) is 15.9. The average Bonchev–Trinajstić information content (AvgIpc) is 2.55. The van der Waals surface area contributed by atoms with Gasteiger partial charge in [-0.15, -0.1) is 0 Å². The molecule has 1 aliphatic heterocycles. The molecule has 1 aromatic heterocycles. The van der Waals surface area contributed by atoms with Gasteiger partial charge in [0, 0.05) is 11.5 Å². The predicted molar refractivity (Wildman–Crippen MR) is 79.0 cm³/mol. The Kier molecular flexibility index (Phi) is 4.33. The third kappa shape index (κ3) is 2.94. The van der Waals surface area contributed by atoms with Crippen LogP contribution in [0.5, 0.6) is 5.75 Å². The summed E-state index contributed by atoms with van der Waals surface area (Å²) >= 11 is 0. The lowest BCUT2D eigenvalue weighted by molar-refractivity contribution is -0.277. The maximum Gasteiger partial charge on any atom is 0.252 e. The van der Waals surface area contributed by atoms with E-state index in [-0.39, 0.29) is 5.75 Å². The van der Waals surface area contributed by atoms with Crippen LogP contribution in [0, 0.1) is 0 Å². The van der Waals surface area contributed by atoms with E-state index in [1.54, 1.807) is 24.3 Å². The minimum atomic E-state index is -1.54. The number of aliphatic hydroxyl groups excluding tert-OH is 4. The van der Waals surface area contributed by atoms with E-state index in [2.05, 4.69) is 4.98 Å². The molecule has 0 aliphatic carbocycles. The minimum absolute atomic E-state index is 0.161. The molecule has 0 amide bonds. The highest BCUT2D eigenvalue weighted by Crippen LogP contribution is 2.27. The summed E-state index contributed by atoms with van der Waals surface area (Å²) in [7, 11) is 0. The third-order valence-electron chi connectivity index (χ3n) is 3.80. The first-order valence-electron chi connectivity index (χ1n) is 7.10. The van der Waals surface area contributed by atoms with Crippen molar-refractivity contribution in [1.29, 1.82) is 0 Å². The van der Waals surface area contributed by atoms with Crippen LogP contribution in [-0.4, -0.2) is 62.7 Å². The molecule has 3 rings (SSSR count). The Hall–Kier alpha value is -1.97. The summed E-state index contributed by atoms with van der Waals surface area (Å²) in [5, 5.41) is 39.3. The summed E-state index contributed by atoms with van der Waals surface area (Å²) in [5.74, 6) is 0.161. The lowest BCUT2D eigenvalue weighted by Crippen LogP contribution is -2.60. The Bertz CT molecular complexity index is 744. The van der Waals surface area contributed by atoms with Gasteiger partial charge in [-0.05, 0) is 12.1 Å². The lowest BCUT2D eigenvalue weighted by Gasteiger charge is -2.39. The topological polar surface area (TPSA) is 132 Å². The van der Waals surface area contributed by atoms with Gasteiger partial charge < -0.3 is 34.9 Å². The van der Waals surface area contributed by atoms with Crippen LogP contribution in [0.25, 0.3) is 10.9 Å². The van der Waals surface area contributed by atoms with Gasteiger partial charge in [0.2, 0.25) is 6.29 Å². The van der Waals surface area contributed by atoms with E-state index in [0.29, 0.717) is 10.9 Å². The molecule has 8 nitrogen and oxygen atoms in total. The summed E-state index contributed by atoms with van der Waals surface area (Å²) in [6.07, 6.45) is -6.96. The Morgan fingerprint density at radius 2 is 1.87 bits per heavy atom. The van der Waals surface area contributed by atoms with Crippen molar-refractivity contribution in [1.82, 2.24) is 4.98 Å². The van der Waals surface area contributed by atoms with Crippen molar-refractivity contribution in [2.45, 2.75) is 30.7 Å². The highest BCUT2D eigenvalue weighted by atomic mass is 16.7. The minimum Gasteiger partial charge on any atom is -0.461 e. The van der Waals surface area contributed by atoms with E-state index in [1.807, 2.05) is 0 Å². The molecule has 0 bridgehead atoms. The van der Waals surface area contributed by atoms with E-state index < -0.39 is 42.9 Å². The third-order valence-corrected chi connectivity index (χ3v) is 3.80. The van der Waals surface area contributed by atoms with Gasteiger partial charge in [0.1, 0.15) is 30.2 Å². The number of nitrogens with one attached hydrogen (secondary N) is 1. The van der Waals surface area contributed by atoms with Crippen molar-refractivity contribution >= 4 is 10.9 Å². The summed E-state index contributed by atoms with van der Waals surface area (Å²) < 4.78 is 10.8. The molecule has 2 heterocycles. The zero-order chi connectivity index (χ0) is 16.6. The zero-order valence-electron chi connectivity index (χ0n) is 12.0. The number of rotatable bonds is 3. The number of benzene rings is 1. The number of hydrogen-bond donors (Lipinski definition) is 5. The summed E-state index contributed by atoms with van der Waals surface area (Å²) in [4.78, 5) is 14.3. The fourth-order valence-corrected chi connectivity index (χ4v) is 2.56. The molecule has 8 heteroatoms. The summed E-state index contributed by atoms with van der Waals surface area (Å²) in [6, 6.07) is 8.10. The summed E-state index contributed by atoms with van der Waals surface area (Å²) in [5.41, 5.74) is 0.142. The molecular weight excluding hydrogens is 306 g/mol. The number of ether oxygens (including phenoxy) is 2. The molecule has 0 saturated carbocycles. The standard InChI is InChI=1S/C15H17NO7/c17-6-10-12(19)13(20)14(21)15(23-10)22-9-5-11(18)16-8-4-2-1-3-7(8)9/h1-5,10,12-15,17,19-21H,6H2,(H,16,18)/t10?,12-,13?,14+,15-/m1/s1. The highest BCUT2D eigenvalue weighted by molar-refractivity contribution is 5.84. The predicted octanol–water partition coefficient (Wildman–Crippen LogP) is -1.29. The molecule has 0 spiro atoms. The van der Waals surface area contributed by atoms with Gasteiger partial charge in [-0.1, -0.05) is 12.1 Å². The highest BCUT2D eigenvalue weighted by Gasteiger charge is 2.44. The molecule has 5 atom stereocenters. The van der Waals surface area contributed by atoms with Crippen molar-refractivity contribution in [3.8, 4) is 5.75 Å². The SMILES string of the molecule is O=c1cc(O[C@@H]2OC(CO)[C@@H](O)C(O)[C@@H]2O)c2ccccc2[nH]1. The van der Waals surface area contributed by atoms with Crippen LogP contribution in [0.3, 0.4) is 0 Å². The smallest absolute Gasteiger partial charge is 0.252 e. The zero-order valence-corrected chi connectivity index (χ0v) is 12.0. The fraction of sp³-hybridized carbons (Fsp3) is 0.400. The van der Waals surface area contributed by atoms with Crippen molar-refractivity contribution in [2.75, 3.05) is 6.61 Å². The van der Waals surface area contributed by atoms with Crippen molar-refractivity contribution in [2.24, 2.45) is 0 Å². The molecule has 23 heavy (non-hydrogen) atoms. The van der Waals surface area contributed by atoms with Crippen LogP contribution >= 0.6 is 0 Å². The van der Waals surface area contributed by atoms with E-state index in [1.165, 1.54) is 6.07 Å². The Balaban J connectivity index is 1.93. The number of aromatic amines is 1. The molecular formula is C15H17NO7. The fourth-order valence-electron chi connectivity index (χ4n) is 2.56. The van der Waals surface area contributed by atoms with Gasteiger partial charge in [0.25, 0.3) is 5.56 Å². The quantitative estimate of drug-likeness (QED) is 0.474. The first-order chi connectivity index (χ1) is 11.0. The molecule has 5 N–H and O–H groups in total. The van der Waals surface area contributed by atoms with Crippen LogP contribution in [-0.2, 0) is 4.74 Å². The first-order valence-corrected chi connectivity index (χ1v) is 7.10. The largest absolute Gasteiger partial charge is 0.461 e. The van der Waals surface area contributed by atoms with E-state index in [4.69, 9.17) is 9.47 Å². The molecule has 1 aromatic carbocycles. The maximum absolute atomic E-state index is 11.7. The number of fused-ring (bicyclic) bond motifs is 1. The van der Waals surface area contributed by atoms with Gasteiger partial charge in [-0.3, -0.25) is 4.79 Å². The second-order valence-corrected chi connectivity index (χ2v) is 5.36. The second-order valence-electron chi connectivity index (χ2n) is 5.36. The van der Waals surface area contributed by atoms with Crippen LogP contribution in [0.1, 0.15) is 0 Å². The molecule has 2 aromatic rings. The van der Waals surface area contributed by atoms with Gasteiger partial charge >= 0.3 is 0 Å². The molecule has 1 fully saturated rings. The number of H-pyrrole nitrogens is 1. The molecule has 0 radical (unpaired) electrons. The second kappa shape index (κ2) is 6.26. The number of para-hydroxylation sites is 1. The van der Waals surface area contributed by atoms with Crippen molar-refractivity contribution in [3.05, 3.63) is 40.7 Å². The van der Waals surface area contributed by atoms with Crippen LogP contribution < -0.4 is 10.3 Å². The van der Waals surface area contributed by atoms with Crippen LogP contribution in [0.4, 0.5) is 0 Å². The van der Waals surface area contributed by atoms with Gasteiger partial charge in [-0.2, -0.15) is 0 Å². The monoisotopic (exact) mass is 323 g/mol. The van der Waals surface area contributed by atoms with Gasteiger partial charge in [0.05, 0.1) is 12.1 Å². The molecule has 2 unspecified atom stereocenters. The number of aromatic nitrogens is 1. The van der Waals surface area contributed by atoms with Crippen molar-refractivity contribution < 1.29 is 29.9 Å². The average molecular weight is 323 g/mol. The summed E-state index contributed by atoms with van der Waals surface area (Å²) in [6.45, 7) is -0.555.